The zero-order valence-electron chi connectivity index (χ0n) is 17.5. The van der Waals surface area contributed by atoms with E-state index in [0.29, 0.717) is 5.56 Å². The molecule has 0 aliphatic carbocycles. The largest absolute Gasteiger partial charge is 0.457 e. The second kappa shape index (κ2) is 10.0. The Morgan fingerprint density at radius 1 is 1.03 bits per heavy atom. The number of hydrogen-bond acceptors (Lipinski definition) is 4. The molecule has 1 unspecified atom stereocenters. The summed E-state index contributed by atoms with van der Waals surface area (Å²) in [5, 5.41) is 0. The number of hydrogen-bond donors (Lipinski definition) is 0. The fourth-order valence-electron chi connectivity index (χ4n) is 3.60. The van der Waals surface area contributed by atoms with Gasteiger partial charge in [0.25, 0.3) is 0 Å². The Bertz CT molecular complexity index is 946. The average molecular weight is 405 g/mol. The molecule has 3 rings (SSSR count). The number of unbranched alkanes of at least 4 members (excludes halogenated alkanes) is 1. The smallest absolute Gasteiger partial charge is 0.308 e. The molecule has 0 saturated heterocycles. The first kappa shape index (κ1) is 21.5. The molecule has 1 aliphatic heterocycles. The lowest BCUT2D eigenvalue weighted by molar-refractivity contribution is -0.144. The monoisotopic (exact) mass is 405 g/mol. The number of esters is 1. The zero-order chi connectivity index (χ0) is 21.5. The molecule has 0 bridgehead atoms. The number of carbonyl (C=O) groups excluding carboxylic acids is 3. The minimum Gasteiger partial charge on any atom is -0.457 e. The van der Waals surface area contributed by atoms with E-state index >= 15 is 0 Å². The highest BCUT2D eigenvalue weighted by molar-refractivity contribution is 5.98. The number of carbonyl (C=O) groups is 3. The van der Waals surface area contributed by atoms with Crippen molar-refractivity contribution in [1.82, 2.24) is 4.90 Å². The molecule has 2 aromatic rings. The quantitative estimate of drug-likeness (QED) is 0.471. The molecule has 5 nitrogen and oxygen atoms in total. The van der Waals surface area contributed by atoms with Crippen molar-refractivity contribution >= 4 is 23.7 Å². The van der Waals surface area contributed by atoms with Crippen molar-refractivity contribution in [1.29, 1.82) is 0 Å². The van der Waals surface area contributed by atoms with E-state index in [1.165, 1.54) is 17.4 Å². The van der Waals surface area contributed by atoms with Gasteiger partial charge in [0, 0.05) is 18.7 Å². The number of Topliss-reactive ketones (excluding diaryl/α,β-unsaturated/α-hetero) is 1. The Kier molecular flexibility index (Phi) is 7.17. The first-order valence-electron chi connectivity index (χ1n) is 10.3. The maximum atomic E-state index is 12.5. The van der Waals surface area contributed by atoms with Gasteiger partial charge in [-0.25, -0.2) is 0 Å². The molecular weight excluding hydrogens is 378 g/mol. The molecule has 0 saturated carbocycles. The fraction of sp³-hybridized carbons (Fsp3) is 0.320. The summed E-state index contributed by atoms with van der Waals surface area (Å²) in [5.74, 6) is -0.903. The van der Waals surface area contributed by atoms with Gasteiger partial charge in [0.15, 0.2) is 12.4 Å². The maximum Gasteiger partial charge on any atom is 0.308 e. The maximum absolute atomic E-state index is 12.5. The van der Waals surface area contributed by atoms with Crippen molar-refractivity contribution in [2.24, 2.45) is 0 Å². The number of nitrogens with zero attached hydrogens (tertiary/aromatic N) is 1. The number of rotatable bonds is 8. The zero-order valence-corrected chi connectivity index (χ0v) is 17.5. The van der Waals surface area contributed by atoms with Crippen LogP contribution in [0.25, 0.3) is 6.08 Å². The molecular formula is C25H27NO4. The lowest BCUT2D eigenvalue weighted by atomic mass is 9.94. The summed E-state index contributed by atoms with van der Waals surface area (Å²) in [4.78, 5) is 38.4. The highest BCUT2D eigenvalue weighted by Gasteiger charge is 2.29. The molecule has 30 heavy (non-hydrogen) atoms. The summed E-state index contributed by atoms with van der Waals surface area (Å²) in [7, 11) is 0. The van der Waals surface area contributed by atoms with Crippen LogP contribution in [0, 0.1) is 0 Å². The Morgan fingerprint density at radius 3 is 2.47 bits per heavy atom. The van der Waals surface area contributed by atoms with Crippen LogP contribution in [0.1, 0.15) is 66.2 Å². The van der Waals surface area contributed by atoms with Gasteiger partial charge in [0.05, 0.1) is 12.5 Å². The molecule has 1 atom stereocenters. The summed E-state index contributed by atoms with van der Waals surface area (Å²) < 4.78 is 5.25. The highest BCUT2D eigenvalue weighted by Crippen LogP contribution is 2.33. The highest BCUT2D eigenvalue weighted by atomic mass is 16.5. The van der Waals surface area contributed by atoms with Crippen LogP contribution in [-0.2, 0) is 20.7 Å². The van der Waals surface area contributed by atoms with Gasteiger partial charge < -0.3 is 9.64 Å². The molecule has 1 aliphatic rings. The van der Waals surface area contributed by atoms with Crippen LogP contribution in [-0.4, -0.2) is 29.2 Å². The normalized spacial score (nSPS) is 14.9. The van der Waals surface area contributed by atoms with Crippen molar-refractivity contribution in [3.8, 4) is 0 Å². The number of ketones is 1. The molecule has 0 radical (unpaired) electrons. The minimum absolute atomic E-state index is 0.00975. The lowest BCUT2D eigenvalue weighted by Gasteiger charge is -2.32. The van der Waals surface area contributed by atoms with Crippen LogP contribution in [0.3, 0.4) is 0 Å². The van der Waals surface area contributed by atoms with E-state index in [9.17, 15) is 14.4 Å². The van der Waals surface area contributed by atoms with Crippen molar-refractivity contribution in [3.05, 3.63) is 77.0 Å². The van der Waals surface area contributed by atoms with Crippen LogP contribution >= 0.6 is 0 Å². The number of amides is 1. The predicted molar refractivity (Wildman–Crippen MR) is 116 cm³/mol. The van der Waals surface area contributed by atoms with Gasteiger partial charge >= 0.3 is 5.97 Å². The third kappa shape index (κ3) is 5.23. The Hall–Kier alpha value is -3.21. The summed E-state index contributed by atoms with van der Waals surface area (Å²) in [6, 6.07) is 14.6. The van der Waals surface area contributed by atoms with E-state index in [-0.39, 0.29) is 24.7 Å². The van der Waals surface area contributed by atoms with Crippen LogP contribution in [0.2, 0.25) is 0 Å². The van der Waals surface area contributed by atoms with Crippen molar-refractivity contribution in [2.75, 3.05) is 6.61 Å². The summed E-state index contributed by atoms with van der Waals surface area (Å²) >= 11 is 0. The van der Waals surface area contributed by atoms with Crippen LogP contribution in [0.5, 0.6) is 0 Å². The van der Waals surface area contributed by atoms with E-state index in [0.717, 1.165) is 30.4 Å². The van der Waals surface area contributed by atoms with Crippen LogP contribution in [0.4, 0.5) is 0 Å². The number of ether oxygens (including phenoxy) is 1. The van der Waals surface area contributed by atoms with Crippen LogP contribution < -0.4 is 0 Å². The molecule has 5 heteroatoms. The number of aryl methyl sites for hydroxylation is 1. The van der Waals surface area contributed by atoms with E-state index in [1.807, 2.05) is 42.5 Å². The molecule has 2 aromatic carbocycles. The Labute approximate surface area is 177 Å². The molecule has 1 heterocycles. The van der Waals surface area contributed by atoms with Gasteiger partial charge in [0.1, 0.15) is 0 Å². The van der Waals surface area contributed by atoms with Gasteiger partial charge in [-0.05, 0) is 35.6 Å². The third-order valence-corrected chi connectivity index (χ3v) is 5.29. The van der Waals surface area contributed by atoms with E-state index in [1.54, 1.807) is 18.3 Å². The summed E-state index contributed by atoms with van der Waals surface area (Å²) in [5.41, 5.74) is 3.58. The lowest BCUT2D eigenvalue weighted by Crippen LogP contribution is -2.32. The summed E-state index contributed by atoms with van der Waals surface area (Å²) in [6.07, 6.45) is 6.76. The van der Waals surface area contributed by atoms with Crippen molar-refractivity contribution in [2.45, 2.75) is 45.6 Å². The fourth-order valence-corrected chi connectivity index (χ4v) is 3.60. The topological polar surface area (TPSA) is 63.7 Å². The van der Waals surface area contributed by atoms with Gasteiger partial charge in [-0.15, -0.1) is 0 Å². The standard InChI is InChI=1S/C25H27NO4/c1-3-4-7-19-10-12-21(13-11-19)24(28)17-30-25(29)16-23-22-9-6-5-8-20(22)14-15-26(23)18(2)27/h5-6,8-15,23H,3-4,7,16-17H2,1-2H3. The first-order valence-corrected chi connectivity index (χ1v) is 10.3. The van der Waals surface area contributed by atoms with E-state index in [2.05, 4.69) is 6.92 Å². The van der Waals surface area contributed by atoms with Crippen molar-refractivity contribution < 1.29 is 19.1 Å². The second-order valence-corrected chi connectivity index (χ2v) is 7.48. The van der Waals surface area contributed by atoms with Gasteiger partial charge in [-0.1, -0.05) is 61.9 Å². The SMILES string of the molecule is CCCCc1ccc(C(=O)COC(=O)CC2c3ccccc3C=CN2C(C)=O)cc1. The molecule has 0 fully saturated rings. The average Bonchev–Trinajstić information content (AvgIpc) is 2.76. The van der Waals surface area contributed by atoms with E-state index < -0.39 is 12.0 Å². The van der Waals surface area contributed by atoms with Gasteiger partial charge in [-0.2, -0.15) is 0 Å². The van der Waals surface area contributed by atoms with E-state index in [4.69, 9.17) is 4.74 Å². The van der Waals surface area contributed by atoms with Gasteiger partial charge in [0.2, 0.25) is 5.91 Å². The number of fused-ring (bicyclic) bond motifs is 1. The van der Waals surface area contributed by atoms with Crippen molar-refractivity contribution in [3.63, 3.8) is 0 Å². The molecule has 1 amide bonds. The first-order chi connectivity index (χ1) is 14.5. The molecule has 156 valence electrons. The Balaban J connectivity index is 1.60. The third-order valence-electron chi connectivity index (χ3n) is 5.29. The Morgan fingerprint density at radius 2 is 1.77 bits per heavy atom. The predicted octanol–water partition coefficient (Wildman–Crippen LogP) is 4.72. The summed E-state index contributed by atoms with van der Waals surface area (Å²) in [6.45, 7) is 3.30. The number of benzene rings is 2. The molecule has 0 N–H and O–H groups in total. The van der Waals surface area contributed by atoms with Crippen LogP contribution in [0.15, 0.2) is 54.7 Å². The van der Waals surface area contributed by atoms with Gasteiger partial charge in [-0.3, -0.25) is 14.4 Å². The second-order valence-electron chi connectivity index (χ2n) is 7.48. The minimum atomic E-state index is -0.510. The molecule has 0 spiro atoms. The molecule has 0 aromatic heterocycles.